The van der Waals surface area contributed by atoms with E-state index in [0.717, 1.165) is 16.6 Å². The van der Waals surface area contributed by atoms with Crippen molar-refractivity contribution in [2.45, 2.75) is 0 Å². The topological polar surface area (TPSA) is 31.2 Å². The van der Waals surface area contributed by atoms with Gasteiger partial charge in [0.05, 0.1) is 18.2 Å². The number of rotatable bonds is 2. The molecule has 2 aromatic carbocycles. The van der Waals surface area contributed by atoms with E-state index < -0.39 is 0 Å². The summed E-state index contributed by atoms with van der Waals surface area (Å²) in [6.45, 7) is 0. The molecule has 0 amide bonds. The van der Waals surface area contributed by atoms with E-state index in [9.17, 15) is 9.18 Å². The van der Waals surface area contributed by atoms with Crippen molar-refractivity contribution in [3.8, 4) is 5.69 Å². The summed E-state index contributed by atoms with van der Waals surface area (Å²) in [6.07, 6.45) is 1.85. The summed E-state index contributed by atoms with van der Waals surface area (Å²) in [6, 6.07) is 13.6. The normalized spacial score (nSPS) is 10.7. The molecule has 0 aliphatic carbocycles. The Kier molecular flexibility index (Phi) is 2.99. The molecule has 1 heterocycles. The average molecular weight is 269 g/mol. The van der Waals surface area contributed by atoms with Crippen molar-refractivity contribution in [3.05, 3.63) is 66.1 Å². The third-order valence-electron chi connectivity index (χ3n) is 3.20. The maximum atomic E-state index is 13.2. The van der Waals surface area contributed by atoms with Crippen LogP contribution in [0.25, 0.3) is 16.6 Å². The highest BCUT2D eigenvalue weighted by Crippen LogP contribution is 2.22. The minimum absolute atomic E-state index is 0.265. The van der Waals surface area contributed by atoms with Crippen molar-refractivity contribution < 1.29 is 13.9 Å². The number of hydrogen-bond acceptors (Lipinski definition) is 2. The van der Waals surface area contributed by atoms with Gasteiger partial charge in [0, 0.05) is 17.3 Å². The Hall–Kier alpha value is -2.62. The smallest absolute Gasteiger partial charge is 0.337 e. The van der Waals surface area contributed by atoms with Gasteiger partial charge in [-0.15, -0.1) is 0 Å². The summed E-state index contributed by atoms with van der Waals surface area (Å²) in [5, 5.41) is 0.813. The van der Waals surface area contributed by atoms with Crippen molar-refractivity contribution in [2.75, 3.05) is 7.11 Å². The number of halogens is 1. The fraction of sp³-hybridized carbons (Fsp3) is 0.0625. The average Bonchev–Trinajstić information content (AvgIpc) is 2.89. The SMILES string of the molecule is COC(=O)c1cccc(-n2ccc3cc(F)ccc32)c1. The van der Waals surface area contributed by atoms with Gasteiger partial charge >= 0.3 is 5.97 Å². The molecule has 0 aliphatic rings. The Labute approximate surface area is 115 Å². The number of carbonyl (C=O) groups excluding carboxylic acids is 1. The van der Waals surface area contributed by atoms with Gasteiger partial charge in [-0.05, 0) is 42.5 Å². The molecule has 0 aliphatic heterocycles. The molecule has 20 heavy (non-hydrogen) atoms. The standard InChI is InChI=1S/C16H12FNO2/c1-20-16(19)12-3-2-4-14(10-12)18-8-7-11-9-13(17)5-6-15(11)18/h2-10H,1H3. The van der Waals surface area contributed by atoms with Crippen LogP contribution in [0.3, 0.4) is 0 Å². The second kappa shape index (κ2) is 4.81. The molecule has 0 saturated carbocycles. The molecule has 3 rings (SSSR count). The summed E-state index contributed by atoms with van der Waals surface area (Å²) in [5.74, 6) is -0.645. The van der Waals surface area contributed by atoms with E-state index in [0.29, 0.717) is 5.56 Å². The highest BCUT2D eigenvalue weighted by atomic mass is 19.1. The Bertz CT molecular complexity index is 792. The molecule has 3 nitrogen and oxygen atoms in total. The summed E-state index contributed by atoms with van der Waals surface area (Å²) in [5.41, 5.74) is 2.19. The fourth-order valence-corrected chi connectivity index (χ4v) is 2.24. The monoisotopic (exact) mass is 269 g/mol. The second-order valence-electron chi connectivity index (χ2n) is 4.43. The number of nitrogens with zero attached hydrogens (tertiary/aromatic N) is 1. The van der Waals surface area contributed by atoms with Crippen LogP contribution in [0, 0.1) is 5.82 Å². The number of ether oxygens (including phenoxy) is 1. The first kappa shape index (κ1) is 12.4. The van der Waals surface area contributed by atoms with E-state index in [-0.39, 0.29) is 11.8 Å². The van der Waals surface area contributed by atoms with Crippen LogP contribution in [0.2, 0.25) is 0 Å². The number of benzene rings is 2. The summed E-state index contributed by atoms with van der Waals surface area (Å²) < 4.78 is 19.8. The van der Waals surface area contributed by atoms with Crippen molar-refractivity contribution in [1.82, 2.24) is 4.57 Å². The maximum Gasteiger partial charge on any atom is 0.337 e. The lowest BCUT2D eigenvalue weighted by molar-refractivity contribution is 0.0600. The van der Waals surface area contributed by atoms with E-state index in [2.05, 4.69) is 0 Å². The Morgan fingerprint density at radius 2 is 2.00 bits per heavy atom. The minimum atomic E-state index is -0.380. The number of carbonyl (C=O) groups is 1. The number of esters is 1. The van der Waals surface area contributed by atoms with Gasteiger partial charge in [-0.2, -0.15) is 0 Å². The molecular weight excluding hydrogens is 257 g/mol. The van der Waals surface area contributed by atoms with E-state index in [1.165, 1.54) is 19.2 Å². The second-order valence-corrected chi connectivity index (χ2v) is 4.43. The zero-order chi connectivity index (χ0) is 14.1. The predicted molar refractivity (Wildman–Crippen MR) is 74.6 cm³/mol. The number of methoxy groups -OCH3 is 1. The molecule has 0 unspecified atom stereocenters. The molecule has 0 fully saturated rings. The van der Waals surface area contributed by atoms with Gasteiger partial charge in [-0.25, -0.2) is 9.18 Å². The largest absolute Gasteiger partial charge is 0.465 e. The number of hydrogen-bond donors (Lipinski definition) is 0. The van der Waals surface area contributed by atoms with Gasteiger partial charge in [0.25, 0.3) is 0 Å². The highest BCUT2D eigenvalue weighted by Gasteiger charge is 2.08. The highest BCUT2D eigenvalue weighted by molar-refractivity contribution is 5.90. The lowest BCUT2D eigenvalue weighted by Gasteiger charge is -2.07. The van der Waals surface area contributed by atoms with Gasteiger partial charge < -0.3 is 9.30 Å². The fourth-order valence-electron chi connectivity index (χ4n) is 2.24. The zero-order valence-electron chi connectivity index (χ0n) is 10.8. The van der Waals surface area contributed by atoms with E-state index in [4.69, 9.17) is 4.74 Å². The van der Waals surface area contributed by atoms with Crippen molar-refractivity contribution in [3.63, 3.8) is 0 Å². The number of aromatic nitrogens is 1. The molecule has 0 saturated heterocycles. The first-order chi connectivity index (χ1) is 9.69. The molecule has 0 N–H and O–H groups in total. The molecule has 0 radical (unpaired) electrons. The van der Waals surface area contributed by atoms with Crippen LogP contribution < -0.4 is 0 Å². The van der Waals surface area contributed by atoms with E-state index in [1.54, 1.807) is 24.3 Å². The molecule has 3 aromatic rings. The zero-order valence-corrected chi connectivity index (χ0v) is 10.8. The Morgan fingerprint density at radius 3 is 2.80 bits per heavy atom. The Morgan fingerprint density at radius 1 is 1.15 bits per heavy atom. The van der Waals surface area contributed by atoms with Crippen LogP contribution in [-0.2, 0) is 4.74 Å². The molecular formula is C16H12FNO2. The predicted octanol–water partition coefficient (Wildman–Crippen LogP) is 3.56. The Balaban J connectivity index is 2.13. The summed E-state index contributed by atoms with van der Waals surface area (Å²) >= 11 is 0. The third-order valence-corrected chi connectivity index (χ3v) is 3.20. The van der Waals surface area contributed by atoms with Gasteiger partial charge in [0.2, 0.25) is 0 Å². The first-order valence-electron chi connectivity index (χ1n) is 6.14. The third kappa shape index (κ3) is 2.05. The summed E-state index contributed by atoms with van der Waals surface area (Å²) in [7, 11) is 1.35. The molecule has 100 valence electrons. The molecule has 0 spiro atoms. The molecule has 4 heteroatoms. The molecule has 1 aromatic heterocycles. The van der Waals surface area contributed by atoms with Crippen LogP contribution in [-0.4, -0.2) is 17.6 Å². The van der Waals surface area contributed by atoms with Crippen LogP contribution in [0.4, 0.5) is 4.39 Å². The maximum absolute atomic E-state index is 13.2. The van der Waals surface area contributed by atoms with Crippen molar-refractivity contribution in [1.29, 1.82) is 0 Å². The van der Waals surface area contributed by atoms with Crippen LogP contribution >= 0.6 is 0 Å². The lowest BCUT2D eigenvalue weighted by Crippen LogP contribution is -2.02. The van der Waals surface area contributed by atoms with Gasteiger partial charge in [0.1, 0.15) is 5.82 Å². The van der Waals surface area contributed by atoms with E-state index in [1.807, 2.05) is 22.9 Å². The van der Waals surface area contributed by atoms with Crippen molar-refractivity contribution >= 4 is 16.9 Å². The quantitative estimate of drug-likeness (QED) is 0.666. The van der Waals surface area contributed by atoms with Crippen LogP contribution in [0.15, 0.2) is 54.7 Å². The van der Waals surface area contributed by atoms with E-state index >= 15 is 0 Å². The molecule has 0 bridgehead atoms. The summed E-state index contributed by atoms with van der Waals surface area (Å²) in [4.78, 5) is 11.6. The minimum Gasteiger partial charge on any atom is -0.465 e. The van der Waals surface area contributed by atoms with Crippen molar-refractivity contribution in [2.24, 2.45) is 0 Å². The number of fused-ring (bicyclic) bond motifs is 1. The van der Waals surface area contributed by atoms with Gasteiger partial charge in [-0.1, -0.05) is 6.07 Å². The van der Waals surface area contributed by atoms with Gasteiger partial charge in [0.15, 0.2) is 0 Å². The van der Waals surface area contributed by atoms with Gasteiger partial charge in [-0.3, -0.25) is 0 Å². The lowest BCUT2D eigenvalue weighted by atomic mass is 10.2. The van der Waals surface area contributed by atoms with Crippen LogP contribution in [0.5, 0.6) is 0 Å². The molecule has 0 atom stereocenters. The first-order valence-corrected chi connectivity index (χ1v) is 6.14. The van der Waals surface area contributed by atoms with Crippen LogP contribution in [0.1, 0.15) is 10.4 Å².